The van der Waals surface area contributed by atoms with Gasteiger partial charge in [-0.15, -0.1) is 11.3 Å². The predicted molar refractivity (Wildman–Crippen MR) is 69.8 cm³/mol. The number of rotatable bonds is 5. The van der Waals surface area contributed by atoms with Crippen LogP contribution in [0.15, 0.2) is 22.8 Å². The topological polar surface area (TPSA) is 76.0 Å². The second-order valence-electron chi connectivity index (χ2n) is 3.51. The maximum absolute atomic E-state index is 10.7. The molecule has 0 unspecified atom stereocenters. The summed E-state index contributed by atoms with van der Waals surface area (Å²) in [6.45, 7) is 1.83. The molecule has 0 spiro atoms. The van der Waals surface area contributed by atoms with Crippen LogP contribution in [0.25, 0.3) is 0 Å². The van der Waals surface area contributed by atoms with Gasteiger partial charge < -0.3 is 5.11 Å². The number of aliphatic carboxylic acids is 1. The Bertz CT molecular complexity index is 542. The number of carboxylic acids is 1. The van der Waals surface area contributed by atoms with Crippen molar-refractivity contribution in [1.82, 2.24) is 15.0 Å². The fraction of sp³-hybridized carbons (Fsp3) is 0.273. The standard InChI is InChI=1S/C11H11N3O2S2/c1-7-8(5-10(15)16)18-11(14-7)17-6-9-12-3-2-4-13-9/h2-4H,5-6H2,1H3,(H,15,16). The van der Waals surface area contributed by atoms with Crippen molar-refractivity contribution in [1.29, 1.82) is 0 Å². The lowest BCUT2D eigenvalue weighted by Crippen LogP contribution is -1.99. The van der Waals surface area contributed by atoms with Gasteiger partial charge in [-0.1, -0.05) is 11.8 Å². The number of thioether (sulfide) groups is 1. The molecule has 2 aromatic heterocycles. The molecule has 0 saturated carbocycles. The smallest absolute Gasteiger partial charge is 0.308 e. The van der Waals surface area contributed by atoms with Crippen LogP contribution in [0.5, 0.6) is 0 Å². The Morgan fingerprint density at radius 1 is 1.44 bits per heavy atom. The van der Waals surface area contributed by atoms with Crippen molar-refractivity contribution in [3.63, 3.8) is 0 Å². The SMILES string of the molecule is Cc1nc(SCc2ncccn2)sc1CC(=O)O. The van der Waals surface area contributed by atoms with E-state index in [1.165, 1.54) is 23.1 Å². The summed E-state index contributed by atoms with van der Waals surface area (Å²) in [4.78, 5) is 24.1. The van der Waals surface area contributed by atoms with Gasteiger partial charge in [0.25, 0.3) is 0 Å². The summed E-state index contributed by atoms with van der Waals surface area (Å²) in [5.74, 6) is 0.556. The number of carboxylic acid groups (broad SMARTS) is 1. The summed E-state index contributed by atoms with van der Waals surface area (Å²) in [5.41, 5.74) is 0.791. The molecule has 94 valence electrons. The van der Waals surface area contributed by atoms with E-state index in [-0.39, 0.29) is 6.42 Å². The maximum Gasteiger partial charge on any atom is 0.308 e. The first-order valence-electron chi connectivity index (χ1n) is 5.22. The van der Waals surface area contributed by atoms with Gasteiger partial charge in [-0.25, -0.2) is 15.0 Å². The van der Waals surface area contributed by atoms with Crippen LogP contribution in [0.4, 0.5) is 0 Å². The van der Waals surface area contributed by atoms with Gasteiger partial charge in [-0.2, -0.15) is 0 Å². The molecule has 0 aliphatic rings. The molecule has 0 atom stereocenters. The quantitative estimate of drug-likeness (QED) is 0.846. The van der Waals surface area contributed by atoms with E-state index in [4.69, 9.17) is 5.11 Å². The summed E-state index contributed by atoms with van der Waals surface area (Å²) in [6, 6.07) is 1.77. The Morgan fingerprint density at radius 2 is 2.17 bits per heavy atom. The molecule has 0 radical (unpaired) electrons. The zero-order valence-electron chi connectivity index (χ0n) is 9.66. The Kier molecular flexibility index (Phi) is 4.27. The minimum absolute atomic E-state index is 0.0336. The van der Waals surface area contributed by atoms with E-state index < -0.39 is 5.97 Å². The zero-order chi connectivity index (χ0) is 13.0. The maximum atomic E-state index is 10.7. The molecular formula is C11H11N3O2S2. The van der Waals surface area contributed by atoms with E-state index in [9.17, 15) is 4.79 Å². The number of carbonyl (C=O) groups is 1. The van der Waals surface area contributed by atoms with E-state index >= 15 is 0 Å². The molecule has 7 heteroatoms. The second kappa shape index (κ2) is 5.92. The lowest BCUT2D eigenvalue weighted by atomic mass is 10.3. The fourth-order valence-electron chi connectivity index (χ4n) is 1.30. The summed E-state index contributed by atoms with van der Waals surface area (Å²) in [5, 5.41) is 8.76. The first-order valence-corrected chi connectivity index (χ1v) is 7.02. The van der Waals surface area contributed by atoms with Crippen LogP contribution in [0.1, 0.15) is 16.4 Å². The lowest BCUT2D eigenvalue weighted by molar-refractivity contribution is -0.136. The fourth-order valence-corrected chi connectivity index (χ4v) is 3.39. The first kappa shape index (κ1) is 13.0. The molecule has 0 saturated heterocycles. The van der Waals surface area contributed by atoms with Crippen LogP contribution in [0.3, 0.4) is 0 Å². The van der Waals surface area contributed by atoms with Crippen LogP contribution in [0.2, 0.25) is 0 Å². The highest BCUT2D eigenvalue weighted by molar-refractivity contribution is 8.00. The Labute approximate surface area is 112 Å². The van der Waals surface area contributed by atoms with E-state index in [0.29, 0.717) is 5.75 Å². The molecule has 2 heterocycles. The van der Waals surface area contributed by atoms with Crippen molar-refractivity contribution in [2.45, 2.75) is 23.4 Å². The molecule has 0 amide bonds. The van der Waals surface area contributed by atoms with Crippen molar-refractivity contribution in [3.8, 4) is 0 Å². The van der Waals surface area contributed by atoms with Gasteiger partial charge in [0.05, 0.1) is 17.9 Å². The number of aromatic nitrogens is 3. The minimum Gasteiger partial charge on any atom is -0.481 e. The number of aryl methyl sites for hydroxylation is 1. The third-order valence-corrected chi connectivity index (χ3v) is 4.43. The summed E-state index contributed by atoms with van der Waals surface area (Å²) >= 11 is 2.95. The summed E-state index contributed by atoms with van der Waals surface area (Å²) in [6.07, 6.45) is 3.43. The molecule has 2 rings (SSSR count). The molecular weight excluding hydrogens is 270 g/mol. The molecule has 0 fully saturated rings. The van der Waals surface area contributed by atoms with Crippen molar-refractivity contribution in [2.75, 3.05) is 0 Å². The molecule has 0 aliphatic heterocycles. The first-order chi connectivity index (χ1) is 8.65. The van der Waals surface area contributed by atoms with Crippen LogP contribution < -0.4 is 0 Å². The number of hydrogen-bond donors (Lipinski definition) is 1. The molecule has 1 N–H and O–H groups in total. The molecule has 18 heavy (non-hydrogen) atoms. The van der Waals surface area contributed by atoms with Gasteiger partial charge in [-0.3, -0.25) is 4.79 Å². The van der Waals surface area contributed by atoms with Gasteiger partial charge in [0.15, 0.2) is 4.34 Å². The van der Waals surface area contributed by atoms with E-state index in [0.717, 1.165) is 20.7 Å². The average Bonchev–Trinajstić information content (AvgIpc) is 2.68. The highest BCUT2D eigenvalue weighted by Gasteiger charge is 2.11. The van der Waals surface area contributed by atoms with Crippen LogP contribution in [-0.2, 0) is 17.0 Å². The van der Waals surface area contributed by atoms with Crippen molar-refractivity contribution >= 4 is 29.1 Å². The highest BCUT2D eigenvalue weighted by atomic mass is 32.2. The lowest BCUT2D eigenvalue weighted by Gasteiger charge is -1.95. The average molecular weight is 281 g/mol. The zero-order valence-corrected chi connectivity index (χ0v) is 11.3. The third kappa shape index (κ3) is 3.51. The van der Waals surface area contributed by atoms with Crippen LogP contribution in [-0.4, -0.2) is 26.0 Å². The van der Waals surface area contributed by atoms with Crippen molar-refractivity contribution < 1.29 is 9.90 Å². The molecule has 2 aromatic rings. The Morgan fingerprint density at radius 3 is 2.83 bits per heavy atom. The normalized spacial score (nSPS) is 10.5. The van der Waals surface area contributed by atoms with Gasteiger partial charge >= 0.3 is 5.97 Å². The number of hydrogen-bond acceptors (Lipinski definition) is 6. The van der Waals surface area contributed by atoms with Gasteiger partial charge in [0.1, 0.15) is 5.82 Å². The third-order valence-electron chi connectivity index (χ3n) is 2.13. The van der Waals surface area contributed by atoms with Gasteiger partial charge in [0.2, 0.25) is 0 Å². The van der Waals surface area contributed by atoms with Crippen molar-refractivity contribution in [3.05, 3.63) is 34.9 Å². The van der Waals surface area contributed by atoms with E-state index in [1.54, 1.807) is 18.5 Å². The molecule has 0 aliphatic carbocycles. The predicted octanol–water partition coefficient (Wildman–Crippen LogP) is 2.16. The molecule has 0 bridgehead atoms. The highest BCUT2D eigenvalue weighted by Crippen LogP contribution is 2.29. The van der Waals surface area contributed by atoms with Crippen LogP contribution in [0, 0.1) is 6.92 Å². The van der Waals surface area contributed by atoms with Crippen LogP contribution >= 0.6 is 23.1 Å². The monoisotopic (exact) mass is 281 g/mol. The summed E-state index contributed by atoms with van der Waals surface area (Å²) < 4.78 is 0.858. The van der Waals surface area contributed by atoms with Crippen molar-refractivity contribution in [2.24, 2.45) is 0 Å². The van der Waals surface area contributed by atoms with E-state index in [2.05, 4.69) is 15.0 Å². The number of thiazole rings is 1. The molecule has 0 aromatic carbocycles. The number of nitrogens with zero attached hydrogens (tertiary/aromatic N) is 3. The largest absolute Gasteiger partial charge is 0.481 e. The minimum atomic E-state index is -0.829. The second-order valence-corrected chi connectivity index (χ2v) is 5.82. The Hall–Kier alpha value is -1.47. The van der Waals surface area contributed by atoms with Gasteiger partial charge in [0, 0.05) is 17.3 Å². The summed E-state index contributed by atoms with van der Waals surface area (Å²) in [7, 11) is 0. The van der Waals surface area contributed by atoms with Gasteiger partial charge in [-0.05, 0) is 13.0 Å². The van der Waals surface area contributed by atoms with E-state index in [1.807, 2.05) is 6.92 Å². The Balaban J connectivity index is 2.00. The molecule has 5 nitrogen and oxygen atoms in total.